The van der Waals surface area contributed by atoms with Crippen molar-refractivity contribution in [1.29, 1.82) is 0 Å². The Morgan fingerprint density at radius 1 is 1.50 bits per heavy atom. The van der Waals surface area contributed by atoms with Crippen LogP contribution in [0.1, 0.15) is 33.6 Å². The van der Waals surface area contributed by atoms with Crippen molar-refractivity contribution in [2.45, 2.75) is 39.2 Å². The molecule has 2 aliphatic rings. The standard InChI is InChI=1S/C12H19NO3/c1-11(2,3)16-10(15)13-6-9-4-5-12(9,7-13)8-14/h8-9H,4-7H2,1-3H3/t9-,12-/m1/s1. The monoisotopic (exact) mass is 225 g/mol. The predicted molar refractivity (Wildman–Crippen MR) is 59.0 cm³/mol. The van der Waals surface area contributed by atoms with Crippen molar-refractivity contribution >= 4 is 12.4 Å². The molecule has 2 rings (SSSR count). The van der Waals surface area contributed by atoms with E-state index in [9.17, 15) is 9.59 Å². The van der Waals surface area contributed by atoms with Gasteiger partial charge in [-0.25, -0.2) is 4.79 Å². The van der Waals surface area contributed by atoms with E-state index in [0.29, 0.717) is 19.0 Å². The van der Waals surface area contributed by atoms with Gasteiger partial charge in [0, 0.05) is 18.5 Å². The van der Waals surface area contributed by atoms with Gasteiger partial charge in [0.2, 0.25) is 0 Å². The fourth-order valence-electron chi connectivity index (χ4n) is 2.54. The average molecular weight is 225 g/mol. The van der Waals surface area contributed by atoms with Gasteiger partial charge in [0.1, 0.15) is 11.9 Å². The molecule has 90 valence electrons. The summed E-state index contributed by atoms with van der Waals surface area (Å²) in [6.45, 7) is 6.77. The van der Waals surface area contributed by atoms with Crippen molar-refractivity contribution in [1.82, 2.24) is 4.90 Å². The summed E-state index contributed by atoms with van der Waals surface area (Å²) in [6.07, 6.45) is 2.72. The van der Waals surface area contributed by atoms with Crippen LogP contribution < -0.4 is 0 Å². The molecule has 0 N–H and O–H groups in total. The van der Waals surface area contributed by atoms with Crippen LogP contribution in [0.4, 0.5) is 4.79 Å². The topological polar surface area (TPSA) is 46.6 Å². The molecular formula is C12H19NO3. The van der Waals surface area contributed by atoms with E-state index in [0.717, 1.165) is 19.1 Å². The molecule has 16 heavy (non-hydrogen) atoms. The molecule has 0 aromatic heterocycles. The lowest BCUT2D eigenvalue weighted by atomic mass is 9.63. The van der Waals surface area contributed by atoms with Crippen molar-refractivity contribution in [2.24, 2.45) is 11.3 Å². The van der Waals surface area contributed by atoms with Crippen molar-refractivity contribution < 1.29 is 14.3 Å². The average Bonchev–Trinajstić information content (AvgIpc) is 2.37. The molecule has 1 aliphatic carbocycles. The summed E-state index contributed by atoms with van der Waals surface area (Å²) in [6, 6.07) is 0. The number of likely N-dealkylation sites (tertiary alicyclic amines) is 1. The van der Waals surface area contributed by atoms with Crippen LogP contribution in [0.2, 0.25) is 0 Å². The number of carbonyl (C=O) groups excluding carboxylic acids is 2. The summed E-state index contributed by atoms with van der Waals surface area (Å²) < 4.78 is 5.31. The summed E-state index contributed by atoms with van der Waals surface area (Å²) in [7, 11) is 0. The Labute approximate surface area is 95.9 Å². The smallest absolute Gasteiger partial charge is 0.410 e. The molecule has 2 atom stereocenters. The van der Waals surface area contributed by atoms with Gasteiger partial charge in [0.15, 0.2) is 0 Å². The quantitative estimate of drug-likeness (QED) is 0.640. The lowest BCUT2D eigenvalue weighted by molar-refractivity contribution is -0.122. The molecule has 4 heteroatoms. The highest BCUT2D eigenvalue weighted by atomic mass is 16.6. The van der Waals surface area contributed by atoms with E-state index in [4.69, 9.17) is 4.74 Å². The molecule has 1 saturated carbocycles. The largest absolute Gasteiger partial charge is 0.444 e. The molecule has 0 spiro atoms. The van der Waals surface area contributed by atoms with Gasteiger partial charge in [-0.3, -0.25) is 0 Å². The molecule has 4 nitrogen and oxygen atoms in total. The van der Waals surface area contributed by atoms with Gasteiger partial charge in [0.25, 0.3) is 0 Å². The Balaban J connectivity index is 1.98. The zero-order valence-electron chi connectivity index (χ0n) is 10.2. The molecule has 2 fully saturated rings. The SMILES string of the molecule is CC(C)(C)OC(=O)N1C[C@H]2CC[C@]2(C=O)C1. The van der Waals surface area contributed by atoms with Crippen molar-refractivity contribution in [3.63, 3.8) is 0 Å². The Bertz CT molecular complexity index is 321. The third kappa shape index (κ3) is 1.81. The molecule has 0 radical (unpaired) electrons. The third-order valence-electron chi connectivity index (χ3n) is 3.58. The lowest BCUT2D eigenvalue weighted by Gasteiger charge is -2.38. The van der Waals surface area contributed by atoms with Crippen molar-refractivity contribution in [3.8, 4) is 0 Å². The molecule has 0 unspecified atom stereocenters. The fraction of sp³-hybridized carbons (Fsp3) is 0.833. The zero-order chi connectivity index (χ0) is 12.0. The second kappa shape index (κ2) is 3.47. The summed E-state index contributed by atoms with van der Waals surface area (Å²) in [5.74, 6) is 0.359. The summed E-state index contributed by atoms with van der Waals surface area (Å²) in [4.78, 5) is 24.6. The van der Waals surface area contributed by atoms with Gasteiger partial charge in [-0.15, -0.1) is 0 Å². The second-order valence-electron chi connectivity index (χ2n) is 5.95. The van der Waals surface area contributed by atoms with Crippen LogP contribution in [0, 0.1) is 11.3 Å². The van der Waals surface area contributed by atoms with Gasteiger partial charge < -0.3 is 14.4 Å². The molecule has 0 aromatic carbocycles. The molecule has 0 aromatic rings. The minimum Gasteiger partial charge on any atom is -0.444 e. The minimum absolute atomic E-state index is 0.253. The Morgan fingerprint density at radius 2 is 2.19 bits per heavy atom. The molecule has 0 bridgehead atoms. The lowest BCUT2D eigenvalue weighted by Crippen LogP contribution is -2.41. The Kier molecular flexibility index (Phi) is 2.48. The van der Waals surface area contributed by atoms with E-state index in [1.165, 1.54) is 0 Å². The number of carbonyl (C=O) groups is 2. The molecule has 1 aliphatic heterocycles. The highest BCUT2D eigenvalue weighted by Gasteiger charge is 2.54. The van der Waals surface area contributed by atoms with Crippen molar-refractivity contribution in [3.05, 3.63) is 0 Å². The Hall–Kier alpha value is -1.06. The van der Waals surface area contributed by atoms with Crippen LogP contribution in [0.15, 0.2) is 0 Å². The van der Waals surface area contributed by atoms with Gasteiger partial charge in [-0.1, -0.05) is 0 Å². The maximum Gasteiger partial charge on any atom is 0.410 e. The molecule has 1 heterocycles. The van der Waals surface area contributed by atoms with Crippen molar-refractivity contribution in [2.75, 3.05) is 13.1 Å². The van der Waals surface area contributed by atoms with Crippen LogP contribution >= 0.6 is 0 Å². The summed E-state index contributed by atoms with van der Waals surface area (Å²) >= 11 is 0. The highest BCUT2D eigenvalue weighted by Crippen LogP contribution is 2.50. The number of amides is 1. The van der Waals surface area contributed by atoms with E-state index < -0.39 is 5.60 Å². The van der Waals surface area contributed by atoms with Crippen LogP contribution in [0.25, 0.3) is 0 Å². The first-order chi connectivity index (χ1) is 7.36. The van der Waals surface area contributed by atoms with Gasteiger partial charge >= 0.3 is 6.09 Å². The normalized spacial score (nSPS) is 32.9. The van der Waals surface area contributed by atoms with Gasteiger partial charge in [0.05, 0.1) is 0 Å². The predicted octanol–water partition coefficient (Wildman–Crippen LogP) is 1.83. The van der Waals surface area contributed by atoms with E-state index in [2.05, 4.69) is 0 Å². The van der Waals surface area contributed by atoms with Crippen LogP contribution in [-0.4, -0.2) is 36.0 Å². The van der Waals surface area contributed by atoms with E-state index in [-0.39, 0.29) is 11.5 Å². The highest BCUT2D eigenvalue weighted by molar-refractivity contribution is 5.72. The number of ether oxygens (including phenoxy) is 1. The number of fused-ring (bicyclic) bond motifs is 1. The van der Waals surface area contributed by atoms with E-state index in [1.54, 1.807) is 4.90 Å². The van der Waals surface area contributed by atoms with E-state index in [1.807, 2.05) is 20.8 Å². The third-order valence-corrected chi connectivity index (χ3v) is 3.58. The number of nitrogens with zero attached hydrogens (tertiary/aromatic N) is 1. The molecular weight excluding hydrogens is 206 g/mol. The molecule has 1 amide bonds. The van der Waals surface area contributed by atoms with Crippen LogP contribution in [0.5, 0.6) is 0 Å². The van der Waals surface area contributed by atoms with E-state index >= 15 is 0 Å². The fourth-order valence-corrected chi connectivity index (χ4v) is 2.54. The first-order valence-electron chi connectivity index (χ1n) is 5.81. The maximum absolute atomic E-state index is 11.8. The summed E-state index contributed by atoms with van der Waals surface area (Å²) in [5, 5.41) is 0. The van der Waals surface area contributed by atoms with Gasteiger partial charge in [-0.2, -0.15) is 0 Å². The number of hydrogen-bond acceptors (Lipinski definition) is 3. The maximum atomic E-state index is 11.8. The number of aldehydes is 1. The van der Waals surface area contributed by atoms with Crippen LogP contribution in [-0.2, 0) is 9.53 Å². The Morgan fingerprint density at radius 3 is 2.56 bits per heavy atom. The number of rotatable bonds is 1. The summed E-state index contributed by atoms with van der Waals surface area (Å²) in [5.41, 5.74) is -0.718. The first-order valence-corrected chi connectivity index (χ1v) is 5.81. The second-order valence-corrected chi connectivity index (χ2v) is 5.95. The minimum atomic E-state index is -0.465. The molecule has 1 saturated heterocycles. The van der Waals surface area contributed by atoms with Crippen LogP contribution in [0.3, 0.4) is 0 Å². The zero-order valence-corrected chi connectivity index (χ0v) is 10.2. The number of hydrogen-bond donors (Lipinski definition) is 0. The van der Waals surface area contributed by atoms with Gasteiger partial charge in [-0.05, 0) is 39.5 Å². The first kappa shape index (κ1) is 11.4.